The van der Waals surface area contributed by atoms with Crippen LogP contribution in [0.3, 0.4) is 0 Å². The highest BCUT2D eigenvalue weighted by Crippen LogP contribution is 2.23. The second-order valence-corrected chi connectivity index (χ2v) is 6.86. The van der Waals surface area contributed by atoms with Crippen LogP contribution in [0.2, 0.25) is 0 Å². The molecule has 23 heavy (non-hydrogen) atoms. The number of carbonyl (C=O) groups is 1. The number of carbonyl (C=O) groups excluding carboxylic acids is 1. The van der Waals surface area contributed by atoms with Crippen LogP contribution in [0.1, 0.15) is 32.9 Å². The summed E-state index contributed by atoms with van der Waals surface area (Å²) in [6.07, 6.45) is 4.55. The number of rotatable bonds is 7. The third-order valence-electron chi connectivity index (χ3n) is 4.12. The van der Waals surface area contributed by atoms with Gasteiger partial charge in [0.05, 0.1) is 17.7 Å². The maximum Gasteiger partial charge on any atom is 0.226 e. The van der Waals surface area contributed by atoms with Gasteiger partial charge in [-0.05, 0) is 25.0 Å². The lowest BCUT2D eigenvalue weighted by Crippen LogP contribution is -2.45. The van der Waals surface area contributed by atoms with Gasteiger partial charge in [-0.15, -0.1) is 11.3 Å². The summed E-state index contributed by atoms with van der Waals surface area (Å²) in [5, 5.41) is 15.9. The van der Waals surface area contributed by atoms with Gasteiger partial charge in [-0.3, -0.25) is 9.78 Å². The molecule has 2 aromatic rings. The van der Waals surface area contributed by atoms with Gasteiger partial charge < -0.3 is 10.4 Å². The molecule has 0 saturated heterocycles. The molecular formula is C17H23N3O2S. The molecule has 2 aromatic heterocycles. The van der Waals surface area contributed by atoms with Crippen LogP contribution in [0.25, 0.3) is 10.6 Å². The van der Waals surface area contributed by atoms with Gasteiger partial charge in [0, 0.05) is 29.9 Å². The summed E-state index contributed by atoms with van der Waals surface area (Å²) in [7, 11) is 0. The van der Waals surface area contributed by atoms with Gasteiger partial charge in [0.25, 0.3) is 0 Å². The first-order valence-corrected chi connectivity index (χ1v) is 8.64. The monoisotopic (exact) mass is 333 g/mol. The SMILES string of the molecule is CCC(C)C(C)(O)CNC(=O)Cc1csc(-c2cccnc2)n1. The van der Waals surface area contributed by atoms with Crippen LogP contribution in [-0.2, 0) is 11.2 Å². The molecule has 6 heteroatoms. The van der Waals surface area contributed by atoms with Crippen molar-refractivity contribution < 1.29 is 9.90 Å². The number of amides is 1. The van der Waals surface area contributed by atoms with E-state index in [0.29, 0.717) is 0 Å². The minimum absolute atomic E-state index is 0.124. The zero-order valence-electron chi connectivity index (χ0n) is 13.7. The van der Waals surface area contributed by atoms with Crippen LogP contribution in [-0.4, -0.2) is 33.1 Å². The first kappa shape index (κ1) is 17.6. The number of aromatic nitrogens is 2. The maximum absolute atomic E-state index is 12.0. The van der Waals surface area contributed by atoms with Gasteiger partial charge in [0.2, 0.25) is 5.91 Å². The minimum Gasteiger partial charge on any atom is -0.388 e. The zero-order valence-corrected chi connectivity index (χ0v) is 14.6. The van der Waals surface area contributed by atoms with E-state index in [-0.39, 0.29) is 24.8 Å². The quantitative estimate of drug-likeness (QED) is 0.817. The normalized spacial score (nSPS) is 15.0. The van der Waals surface area contributed by atoms with E-state index in [1.54, 1.807) is 19.3 Å². The molecule has 0 radical (unpaired) electrons. The fraction of sp³-hybridized carbons (Fsp3) is 0.471. The highest BCUT2D eigenvalue weighted by molar-refractivity contribution is 7.13. The molecule has 0 bridgehead atoms. The molecule has 2 unspecified atom stereocenters. The fourth-order valence-corrected chi connectivity index (χ4v) is 2.94. The lowest BCUT2D eigenvalue weighted by molar-refractivity contribution is -0.122. The number of hydrogen-bond donors (Lipinski definition) is 2. The van der Waals surface area contributed by atoms with Gasteiger partial charge in [-0.2, -0.15) is 0 Å². The number of pyridine rings is 1. The minimum atomic E-state index is -0.895. The molecule has 2 atom stereocenters. The van der Waals surface area contributed by atoms with Gasteiger partial charge >= 0.3 is 0 Å². The fourth-order valence-electron chi connectivity index (χ4n) is 2.13. The lowest BCUT2D eigenvalue weighted by Gasteiger charge is -2.29. The third-order valence-corrected chi connectivity index (χ3v) is 5.06. The summed E-state index contributed by atoms with van der Waals surface area (Å²) >= 11 is 1.50. The molecule has 2 rings (SSSR count). The van der Waals surface area contributed by atoms with E-state index in [4.69, 9.17) is 0 Å². The van der Waals surface area contributed by atoms with Gasteiger partial charge in [0.15, 0.2) is 0 Å². The zero-order chi connectivity index (χ0) is 16.9. The smallest absolute Gasteiger partial charge is 0.226 e. The molecule has 1 amide bonds. The van der Waals surface area contributed by atoms with E-state index in [1.807, 2.05) is 31.4 Å². The number of hydrogen-bond acceptors (Lipinski definition) is 5. The Bertz CT molecular complexity index is 640. The molecule has 0 aromatic carbocycles. The Morgan fingerprint density at radius 1 is 1.52 bits per heavy atom. The second kappa shape index (κ2) is 7.66. The highest BCUT2D eigenvalue weighted by atomic mass is 32.1. The molecule has 5 nitrogen and oxygen atoms in total. The number of thiazole rings is 1. The average molecular weight is 333 g/mol. The first-order valence-electron chi connectivity index (χ1n) is 7.76. The first-order chi connectivity index (χ1) is 10.9. The Morgan fingerprint density at radius 3 is 2.96 bits per heavy atom. The van der Waals surface area contributed by atoms with Crippen molar-refractivity contribution in [2.24, 2.45) is 5.92 Å². The van der Waals surface area contributed by atoms with E-state index >= 15 is 0 Å². The molecule has 0 aliphatic carbocycles. The van der Waals surface area contributed by atoms with E-state index in [9.17, 15) is 9.90 Å². The van der Waals surface area contributed by atoms with Crippen molar-refractivity contribution in [3.8, 4) is 10.6 Å². The molecule has 2 N–H and O–H groups in total. The Balaban J connectivity index is 1.90. The largest absolute Gasteiger partial charge is 0.388 e. The molecular weight excluding hydrogens is 310 g/mol. The Kier molecular flexibility index (Phi) is 5.85. The third kappa shape index (κ3) is 4.84. The van der Waals surface area contributed by atoms with E-state index in [0.717, 1.165) is 22.7 Å². The number of nitrogens with zero attached hydrogens (tertiary/aromatic N) is 2. The van der Waals surface area contributed by atoms with E-state index < -0.39 is 5.60 Å². The van der Waals surface area contributed by atoms with Crippen molar-refractivity contribution in [2.75, 3.05) is 6.54 Å². The van der Waals surface area contributed by atoms with Crippen molar-refractivity contribution in [3.63, 3.8) is 0 Å². The second-order valence-electron chi connectivity index (χ2n) is 6.01. The van der Waals surface area contributed by atoms with Crippen LogP contribution in [0, 0.1) is 5.92 Å². The summed E-state index contributed by atoms with van der Waals surface area (Å²) in [6, 6.07) is 3.80. The van der Waals surface area contributed by atoms with Crippen molar-refractivity contribution >= 4 is 17.2 Å². The number of aliphatic hydroxyl groups is 1. The molecule has 124 valence electrons. The van der Waals surface area contributed by atoms with Crippen molar-refractivity contribution in [1.82, 2.24) is 15.3 Å². The summed E-state index contributed by atoms with van der Waals surface area (Å²) in [5.41, 5.74) is 0.784. The van der Waals surface area contributed by atoms with E-state index in [2.05, 4.69) is 15.3 Å². The Morgan fingerprint density at radius 2 is 2.30 bits per heavy atom. The summed E-state index contributed by atoms with van der Waals surface area (Å²) in [6.45, 7) is 6.01. The van der Waals surface area contributed by atoms with Crippen LogP contribution in [0.4, 0.5) is 0 Å². The van der Waals surface area contributed by atoms with Crippen molar-refractivity contribution in [3.05, 3.63) is 35.6 Å². The standard InChI is InChI=1S/C17H23N3O2S/c1-4-12(2)17(3,22)11-19-15(21)8-14-10-23-16(20-14)13-6-5-7-18-9-13/h5-7,9-10,12,22H,4,8,11H2,1-3H3,(H,19,21). The predicted molar refractivity (Wildman–Crippen MR) is 92.1 cm³/mol. The van der Waals surface area contributed by atoms with Crippen molar-refractivity contribution in [2.45, 2.75) is 39.2 Å². The summed E-state index contributed by atoms with van der Waals surface area (Å²) < 4.78 is 0. The molecule has 0 saturated carbocycles. The summed E-state index contributed by atoms with van der Waals surface area (Å²) in [5.74, 6) is -0.00382. The predicted octanol–water partition coefficient (Wildman–Crippen LogP) is 2.66. The van der Waals surface area contributed by atoms with Crippen LogP contribution in [0.15, 0.2) is 29.9 Å². The average Bonchev–Trinajstić information content (AvgIpc) is 3.01. The van der Waals surface area contributed by atoms with Gasteiger partial charge in [0.1, 0.15) is 5.01 Å². The maximum atomic E-state index is 12.0. The van der Waals surface area contributed by atoms with Crippen LogP contribution >= 0.6 is 11.3 Å². The highest BCUT2D eigenvalue weighted by Gasteiger charge is 2.27. The van der Waals surface area contributed by atoms with Gasteiger partial charge in [-0.1, -0.05) is 20.3 Å². The Labute approximate surface area is 140 Å². The molecule has 2 heterocycles. The molecule has 0 aliphatic heterocycles. The van der Waals surface area contributed by atoms with Crippen LogP contribution in [0.5, 0.6) is 0 Å². The summed E-state index contributed by atoms with van der Waals surface area (Å²) in [4.78, 5) is 20.6. The van der Waals surface area contributed by atoms with Gasteiger partial charge in [-0.25, -0.2) is 4.98 Å². The molecule has 0 spiro atoms. The number of nitrogens with one attached hydrogen (secondary N) is 1. The van der Waals surface area contributed by atoms with Crippen LogP contribution < -0.4 is 5.32 Å². The van der Waals surface area contributed by atoms with E-state index in [1.165, 1.54) is 11.3 Å². The Hall–Kier alpha value is -1.79. The lowest BCUT2D eigenvalue weighted by atomic mass is 9.88. The van der Waals surface area contributed by atoms with Crippen molar-refractivity contribution in [1.29, 1.82) is 0 Å². The topological polar surface area (TPSA) is 75.1 Å². The molecule has 0 fully saturated rings. The molecule has 0 aliphatic rings.